The van der Waals surface area contributed by atoms with Gasteiger partial charge in [0.15, 0.2) is 6.10 Å². The summed E-state index contributed by atoms with van der Waals surface area (Å²) in [7, 11) is 0. The molecule has 1 fully saturated rings. The molecule has 0 radical (unpaired) electrons. The van der Waals surface area contributed by atoms with Gasteiger partial charge < -0.3 is 10.1 Å². The molecule has 0 aromatic heterocycles. The standard InChI is InChI=1S/C17H19BrN2O3/c1-12(23-16(22)13-5-7-14(18)8-6-13)15(21)20-17(11-19)9-3-2-4-10-17/h5-8,12H,2-4,9-10H2,1H3,(H,20,21)/t12-/m0/s1. The van der Waals surface area contributed by atoms with E-state index in [0.29, 0.717) is 18.4 Å². The molecule has 2 rings (SSSR count). The number of nitrogens with one attached hydrogen (secondary N) is 1. The van der Waals surface area contributed by atoms with Crippen molar-refractivity contribution in [2.24, 2.45) is 0 Å². The van der Waals surface area contributed by atoms with Gasteiger partial charge in [0, 0.05) is 4.47 Å². The molecule has 122 valence electrons. The number of carbonyl (C=O) groups excluding carboxylic acids is 2. The van der Waals surface area contributed by atoms with Crippen molar-refractivity contribution in [2.75, 3.05) is 0 Å². The first kappa shape index (κ1) is 17.5. The Hall–Kier alpha value is -1.87. The molecule has 0 aliphatic heterocycles. The van der Waals surface area contributed by atoms with E-state index in [2.05, 4.69) is 27.3 Å². The maximum absolute atomic E-state index is 12.2. The summed E-state index contributed by atoms with van der Waals surface area (Å²) in [4.78, 5) is 24.3. The lowest BCUT2D eigenvalue weighted by molar-refractivity contribution is -0.130. The SMILES string of the molecule is C[C@H](OC(=O)c1ccc(Br)cc1)C(=O)NC1(C#N)CCCCC1. The monoisotopic (exact) mass is 378 g/mol. The van der Waals surface area contributed by atoms with Crippen molar-refractivity contribution in [3.8, 4) is 6.07 Å². The first-order valence-corrected chi connectivity index (χ1v) is 8.45. The molecule has 1 aromatic rings. The summed E-state index contributed by atoms with van der Waals surface area (Å²) in [6, 6.07) is 8.92. The molecule has 1 aliphatic carbocycles. The molecule has 0 unspecified atom stereocenters. The lowest BCUT2D eigenvalue weighted by Crippen LogP contribution is -2.52. The van der Waals surface area contributed by atoms with Gasteiger partial charge in [-0.05, 0) is 44.0 Å². The molecule has 1 aliphatic rings. The molecule has 5 nitrogen and oxygen atoms in total. The molecular formula is C17H19BrN2O3. The summed E-state index contributed by atoms with van der Waals surface area (Å²) in [5, 5.41) is 12.1. The normalized spacial score (nSPS) is 17.6. The highest BCUT2D eigenvalue weighted by Crippen LogP contribution is 2.27. The number of ether oxygens (including phenoxy) is 1. The van der Waals surface area contributed by atoms with Gasteiger partial charge in [0.05, 0.1) is 11.6 Å². The van der Waals surface area contributed by atoms with E-state index in [1.54, 1.807) is 24.3 Å². The average molecular weight is 379 g/mol. The summed E-state index contributed by atoms with van der Waals surface area (Å²) in [5.74, 6) is -0.992. The smallest absolute Gasteiger partial charge is 0.338 e. The van der Waals surface area contributed by atoms with Gasteiger partial charge in [-0.2, -0.15) is 5.26 Å². The molecule has 1 N–H and O–H groups in total. The van der Waals surface area contributed by atoms with Gasteiger partial charge in [-0.25, -0.2) is 4.79 Å². The molecule has 0 bridgehead atoms. The van der Waals surface area contributed by atoms with Crippen LogP contribution in [0.5, 0.6) is 0 Å². The Kier molecular flexibility index (Phi) is 5.78. The van der Waals surface area contributed by atoms with Crippen LogP contribution in [0.2, 0.25) is 0 Å². The van der Waals surface area contributed by atoms with E-state index in [1.807, 2.05) is 0 Å². The molecule has 1 amide bonds. The maximum Gasteiger partial charge on any atom is 0.338 e. The van der Waals surface area contributed by atoms with E-state index in [4.69, 9.17) is 4.74 Å². The number of nitrogens with zero attached hydrogens (tertiary/aromatic N) is 1. The van der Waals surface area contributed by atoms with Crippen LogP contribution in [-0.2, 0) is 9.53 Å². The first-order chi connectivity index (χ1) is 11.0. The van der Waals surface area contributed by atoms with Crippen LogP contribution in [0.4, 0.5) is 0 Å². The number of nitriles is 1. The third-order valence-corrected chi connectivity index (χ3v) is 4.55. The van der Waals surface area contributed by atoms with Gasteiger partial charge >= 0.3 is 5.97 Å². The van der Waals surface area contributed by atoms with Crippen LogP contribution >= 0.6 is 15.9 Å². The van der Waals surface area contributed by atoms with Gasteiger partial charge in [-0.1, -0.05) is 35.2 Å². The third kappa shape index (κ3) is 4.55. The molecule has 1 saturated carbocycles. The third-order valence-electron chi connectivity index (χ3n) is 4.02. The van der Waals surface area contributed by atoms with Crippen LogP contribution in [0.1, 0.15) is 49.4 Å². The lowest BCUT2D eigenvalue weighted by atomic mass is 9.83. The molecular weight excluding hydrogens is 360 g/mol. The minimum absolute atomic E-state index is 0.375. The van der Waals surface area contributed by atoms with Crippen LogP contribution in [0.25, 0.3) is 0 Å². The highest BCUT2D eigenvalue weighted by molar-refractivity contribution is 9.10. The van der Waals surface area contributed by atoms with Crippen LogP contribution in [-0.4, -0.2) is 23.5 Å². The van der Waals surface area contributed by atoms with Crippen molar-refractivity contribution in [3.05, 3.63) is 34.3 Å². The van der Waals surface area contributed by atoms with E-state index < -0.39 is 23.5 Å². The fraction of sp³-hybridized carbons (Fsp3) is 0.471. The Balaban J connectivity index is 1.95. The number of hydrogen-bond donors (Lipinski definition) is 1. The minimum Gasteiger partial charge on any atom is -0.449 e. The molecule has 6 heteroatoms. The van der Waals surface area contributed by atoms with Crippen molar-refractivity contribution < 1.29 is 14.3 Å². The fourth-order valence-corrected chi connectivity index (χ4v) is 2.89. The van der Waals surface area contributed by atoms with Crippen LogP contribution < -0.4 is 5.32 Å². The Morgan fingerprint density at radius 1 is 1.26 bits per heavy atom. The second-order valence-electron chi connectivity index (χ2n) is 5.80. The highest BCUT2D eigenvalue weighted by Gasteiger charge is 2.35. The molecule has 0 spiro atoms. The summed E-state index contributed by atoms with van der Waals surface area (Å²) in [5.41, 5.74) is -0.450. The zero-order valence-electron chi connectivity index (χ0n) is 13.0. The molecule has 23 heavy (non-hydrogen) atoms. The highest BCUT2D eigenvalue weighted by atomic mass is 79.9. The number of amides is 1. The number of halogens is 1. The van der Waals surface area contributed by atoms with E-state index in [0.717, 1.165) is 23.7 Å². The molecule has 1 aromatic carbocycles. The largest absolute Gasteiger partial charge is 0.449 e. The van der Waals surface area contributed by atoms with Gasteiger partial charge in [0.25, 0.3) is 5.91 Å². The Morgan fingerprint density at radius 3 is 2.43 bits per heavy atom. The summed E-state index contributed by atoms with van der Waals surface area (Å²) in [6.07, 6.45) is 3.25. The zero-order chi connectivity index (χ0) is 16.9. The Morgan fingerprint density at radius 2 is 1.87 bits per heavy atom. The molecule has 0 heterocycles. The second-order valence-corrected chi connectivity index (χ2v) is 6.71. The van der Waals surface area contributed by atoms with Crippen LogP contribution in [0.15, 0.2) is 28.7 Å². The van der Waals surface area contributed by atoms with E-state index in [-0.39, 0.29) is 0 Å². The van der Waals surface area contributed by atoms with Crippen molar-refractivity contribution in [1.29, 1.82) is 5.26 Å². The average Bonchev–Trinajstić information content (AvgIpc) is 2.56. The second kappa shape index (κ2) is 7.60. The first-order valence-electron chi connectivity index (χ1n) is 7.66. The predicted molar refractivity (Wildman–Crippen MR) is 88.6 cm³/mol. The van der Waals surface area contributed by atoms with E-state index >= 15 is 0 Å². The van der Waals surface area contributed by atoms with Crippen molar-refractivity contribution >= 4 is 27.8 Å². The number of esters is 1. The van der Waals surface area contributed by atoms with Crippen molar-refractivity contribution in [1.82, 2.24) is 5.32 Å². The van der Waals surface area contributed by atoms with Crippen LogP contribution in [0, 0.1) is 11.3 Å². The molecule has 0 saturated heterocycles. The lowest BCUT2D eigenvalue weighted by Gasteiger charge is -2.32. The number of hydrogen-bond acceptors (Lipinski definition) is 4. The molecule has 1 atom stereocenters. The van der Waals surface area contributed by atoms with Crippen LogP contribution in [0.3, 0.4) is 0 Å². The van der Waals surface area contributed by atoms with Gasteiger partial charge in [-0.3, -0.25) is 4.79 Å². The van der Waals surface area contributed by atoms with Gasteiger partial charge in [0.2, 0.25) is 0 Å². The topological polar surface area (TPSA) is 79.2 Å². The van der Waals surface area contributed by atoms with Gasteiger partial charge in [-0.15, -0.1) is 0 Å². The Labute approximate surface area is 144 Å². The zero-order valence-corrected chi connectivity index (χ0v) is 14.6. The van der Waals surface area contributed by atoms with Crippen molar-refractivity contribution in [3.63, 3.8) is 0 Å². The number of benzene rings is 1. The minimum atomic E-state index is -0.946. The summed E-state index contributed by atoms with van der Waals surface area (Å²) < 4.78 is 6.05. The Bertz CT molecular complexity index is 616. The predicted octanol–water partition coefficient (Wildman–Crippen LogP) is 3.34. The van der Waals surface area contributed by atoms with Gasteiger partial charge in [0.1, 0.15) is 5.54 Å². The van der Waals surface area contributed by atoms with Crippen molar-refractivity contribution in [2.45, 2.75) is 50.7 Å². The number of rotatable bonds is 4. The maximum atomic E-state index is 12.2. The van der Waals surface area contributed by atoms with E-state index in [9.17, 15) is 14.9 Å². The number of carbonyl (C=O) groups is 2. The summed E-state index contributed by atoms with van der Waals surface area (Å²) >= 11 is 3.29. The quantitative estimate of drug-likeness (QED) is 0.814. The summed E-state index contributed by atoms with van der Waals surface area (Å²) in [6.45, 7) is 1.51. The van der Waals surface area contributed by atoms with E-state index in [1.165, 1.54) is 6.92 Å². The fourth-order valence-electron chi connectivity index (χ4n) is 2.63.